The van der Waals surface area contributed by atoms with Gasteiger partial charge in [-0.3, -0.25) is 4.72 Å². The second kappa shape index (κ2) is 12.5. The van der Waals surface area contributed by atoms with Crippen LogP contribution >= 0.6 is 0 Å². The lowest BCUT2D eigenvalue weighted by Gasteiger charge is -2.28. The molecule has 1 aliphatic carbocycles. The third kappa shape index (κ3) is 7.57. The number of nitrogens with one attached hydrogen (secondary N) is 1. The summed E-state index contributed by atoms with van der Waals surface area (Å²) in [5, 5.41) is 0. The molecule has 6 nitrogen and oxygen atoms in total. The average molecular weight is 557 g/mol. The highest BCUT2D eigenvalue weighted by Crippen LogP contribution is 2.32. The summed E-state index contributed by atoms with van der Waals surface area (Å²) in [6.07, 6.45) is 6.18. The molecule has 1 aliphatic rings. The number of nitrogens with zero attached hydrogens (tertiary/aromatic N) is 1. The first kappa shape index (κ1) is 27.6. The van der Waals surface area contributed by atoms with Crippen LogP contribution in [-0.4, -0.2) is 20.8 Å². The fraction of sp³-hybridized carbons (Fsp3) is 0.273. The van der Waals surface area contributed by atoms with Crippen LogP contribution in [0.25, 0.3) is 0 Å². The van der Waals surface area contributed by atoms with Gasteiger partial charge in [0.2, 0.25) is 10.0 Å². The topological polar surface area (TPSA) is 67.9 Å². The Morgan fingerprint density at radius 3 is 2.12 bits per heavy atom. The Labute approximate surface area is 237 Å². The summed E-state index contributed by atoms with van der Waals surface area (Å²) in [6.45, 7) is 3.27. The number of rotatable bonds is 11. The normalized spacial score (nSPS) is 13.7. The molecule has 0 aliphatic heterocycles. The minimum atomic E-state index is -3.39. The molecule has 4 aromatic carbocycles. The third-order valence-corrected chi connectivity index (χ3v) is 7.69. The number of sulfonamides is 1. The monoisotopic (exact) mass is 556 g/mol. The maximum Gasteiger partial charge on any atom is 0.229 e. The number of ether oxygens (including phenoxy) is 2. The van der Waals surface area contributed by atoms with Crippen LogP contribution in [0.2, 0.25) is 0 Å². The second-order valence-electron chi connectivity index (χ2n) is 10.4. The van der Waals surface area contributed by atoms with E-state index in [0.717, 1.165) is 46.9 Å². The van der Waals surface area contributed by atoms with Gasteiger partial charge in [0.15, 0.2) is 0 Å². The van der Waals surface area contributed by atoms with Gasteiger partial charge >= 0.3 is 0 Å². The lowest BCUT2D eigenvalue weighted by molar-refractivity contribution is 0.209. The molecule has 1 N–H and O–H groups in total. The van der Waals surface area contributed by atoms with Crippen molar-refractivity contribution in [3.63, 3.8) is 0 Å². The maximum atomic E-state index is 11.9. The molecule has 0 aromatic heterocycles. The van der Waals surface area contributed by atoms with Crippen molar-refractivity contribution < 1.29 is 17.9 Å². The minimum absolute atomic E-state index is 0.305. The molecular formula is C33H36N2O4S. The fourth-order valence-electron chi connectivity index (χ4n) is 5.14. The molecule has 1 saturated carbocycles. The quantitative estimate of drug-likeness (QED) is 0.205. The highest BCUT2D eigenvalue weighted by Gasteiger charge is 2.17. The van der Waals surface area contributed by atoms with Crippen molar-refractivity contribution in [2.75, 3.05) is 15.9 Å². The van der Waals surface area contributed by atoms with Crippen LogP contribution < -0.4 is 19.1 Å². The number of benzene rings is 4. The van der Waals surface area contributed by atoms with E-state index in [4.69, 9.17) is 9.47 Å². The molecule has 0 bridgehead atoms. The van der Waals surface area contributed by atoms with Crippen LogP contribution in [0.5, 0.6) is 17.2 Å². The standard InChI is InChI=1S/C33H36N2O4S/c1-25-32(34-40(2,36)37)16-9-17-33(25)35(23-26-10-4-3-5-11-26)24-27-18-20-29(21-19-27)39-31-15-8-14-30(22-31)38-28-12-6-7-13-28/h3-5,8-11,14-22,28,34H,6-7,12-13,23-24H2,1-2H3. The summed E-state index contributed by atoms with van der Waals surface area (Å²) in [5.41, 5.74) is 4.71. The molecule has 0 amide bonds. The predicted octanol–water partition coefficient (Wildman–Crippen LogP) is 7.69. The van der Waals surface area contributed by atoms with Crippen molar-refractivity contribution in [1.82, 2.24) is 0 Å². The zero-order valence-corrected chi connectivity index (χ0v) is 23.9. The highest BCUT2D eigenvalue weighted by atomic mass is 32.2. The van der Waals surface area contributed by atoms with Crippen LogP contribution in [0, 0.1) is 6.92 Å². The molecule has 0 spiro atoms. The fourth-order valence-corrected chi connectivity index (χ4v) is 5.76. The maximum absolute atomic E-state index is 11.9. The van der Waals surface area contributed by atoms with E-state index in [1.165, 1.54) is 24.7 Å². The Hall–Kier alpha value is -3.97. The molecule has 0 unspecified atom stereocenters. The van der Waals surface area contributed by atoms with Gasteiger partial charge < -0.3 is 14.4 Å². The first-order valence-corrected chi connectivity index (χ1v) is 15.6. The van der Waals surface area contributed by atoms with Crippen LogP contribution in [0.15, 0.2) is 97.1 Å². The molecule has 5 rings (SSSR count). The summed E-state index contributed by atoms with van der Waals surface area (Å²) in [7, 11) is -3.39. The lowest BCUT2D eigenvalue weighted by Crippen LogP contribution is -2.23. The van der Waals surface area contributed by atoms with Gasteiger partial charge in [-0.2, -0.15) is 0 Å². The zero-order valence-electron chi connectivity index (χ0n) is 23.0. The second-order valence-corrected chi connectivity index (χ2v) is 12.2. The Morgan fingerprint density at radius 1 is 0.775 bits per heavy atom. The van der Waals surface area contributed by atoms with Gasteiger partial charge in [0.05, 0.1) is 18.0 Å². The molecule has 1 fully saturated rings. The van der Waals surface area contributed by atoms with Crippen LogP contribution in [-0.2, 0) is 23.1 Å². The van der Waals surface area contributed by atoms with E-state index in [-0.39, 0.29) is 0 Å². The molecule has 0 atom stereocenters. The summed E-state index contributed by atoms with van der Waals surface area (Å²) >= 11 is 0. The molecule has 0 heterocycles. The third-order valence-electron chi connectivity index (χ3n) is 7.10. The highest BCUT2D eigenvalue weighted by molar-refractivity contribution is 7.92. The number of hydrogen-bond donors (Lipinski definition) is 1. The van der Waals surface area contributed by atoms with Gasteiger partial charge in [-0.05, 0) is 85.7 Å². The van der Waals surface area contributed by atoms with Crippen molar-refractivity contribution in [3.8, 4) is 17.2 Å². The van der Waals surface area contributed by atoms with E-state index in [0.29, 0.717) is 24.9 Å². The van der Waals surface area contributed by atoms with Crippen LogP contribution in [0.1, 0.15) is 42.4 Å². The van der Waals surface area contributed by atoms with E-state index in [2.05, 4.69) is 33.9 Å². The largest absolute Gasteiger partial charge is 0.490 e. The predicted molar refractivity (Wildman–Crippen MR) is 162 cm³/mol. The Kier molecular flexibility index (Phi) is 8.60. The molecule has 208 valence electrons. The summed E-state index contributed by atoms with van der Waals surface area (Å²) < 4.78 is 38.8. The minimum Gasteiger partial charge on any atom is -0.490 e. The van der Waals surface area contributed by atoms with E-state index in [1.807, 2.05) is 73.7 Å². The summed E-state index contributed by atoms with van der Waals surface area (Å²) in [5.74, 6) is 2.35. The Bertz CT molecular complexity index is 1520. The van der Waals surface area contributed by atoms with Crippen molar-refractivity contribution in [2.24, 2.45) is 0 Å². The molecule has 7 heteroatoms. The van der Waals surface area contributed by atoms with E-state index in [1.54, 1.807) is 6.07 Å². The van der Waals surface area contributed by atoms with Crippen molar-refractivity contribution in [3.05, 3.63) is 114 Å². The zero-order chi connectivity index (χ0) is 28.0. The van der Waals surface area contributed by atoms with Gasteiger partial charge in [0, 0.05) is 24.8 Å². The number of hydrogen-bond acceptors (Lipinski definition) is 5. The first-order chi connectivity index (χ1) is 19.3. The van der Waals surface area contributed by atoms with Gasteiger partial charge in [0.25, 0.3) is 0 Å². The van der Waals surface area contributed by atoms with Crippen LogP contribution in [0.4, 0.5) is 11.4 Å². The van der Waals surface area contributed by atoms with Crippen molar-refractivity contribution >= 4 is 21.4 Å². The first-order valence-electron chi connectivity index (χ1n) is 13.7. The average Bonchev–Trinajstić information content (AvgIpc) is 3.44. The molecule has 0 radical (unpaired) electrons. The molecule has 4 aromatic rings. The van der Waals surface area contributed by atoms with Gasteiger partial charge in [0.1, 0.15) is 17.2 Å². The van der Waals surface area contributed by atoms with E-state index >= 15 is 0 Å². The van der Waals surface area contributed by atoms with E-state index < -0.39 is 10.0 Å². The van der Waals surface area contributed by atoms with Crippen LogP contribution in [0.3, 0.4) is 0 Å². The molecular weight excluding hydrogens is 520 g/mol. The van der Waals surface area contributed by atoms with Gasteiger partial charge in [-0.25, -0.2) is 8.42 Å². The Balaban J connectivity index is 1.33. The SMILES string of the molecule is Cc1c(NS(C)(=O)=O)cccc1N(Cc1ccccc1)Cc1ccc(Oc2cccc(OC3CCCC3)c2)cc1. The molecule has 40 heavy (non-hydrogen) atoms. The number of anilines is 2. The van der Waals surface area contributed by atoms with Gasteiger partial charge in [-0.15, -0.1) is 0 Å². The Morgan fingerprint density at radius 2 is 1.43 bits per heavy atom. The van der Waals surface area contributed by atoms with Gasteiger partial charge in [-0.1, -0.05) is 54.6 Å². The lowest BCUT2D eigenvalue weighted by atomic mass is 10.1. The smallest absolute Gasteiger partial charge is 0.229 e. The van der Waals surface area contributed by atoms with E-state index in [9.17, 15) is 8.42 Å². The van der Waals surface area contributed by atoms with Crippen molar-refractivity contribution in [1.29, 1.82) is 0 Å². The summed E-state index contributed by atoms with van der Waals surface area (Å²) in [4.78, 5) is 2.26. The molecule has 0 saturated heterocycles. The van der Waals surface area contributed by atoms with Crippen molar-refractivity contribution in [2.45, 2.75) is 51.8 Å². The summed E-state index contributed by atoms with van der Waals surface area (Å²) in [6, 6.07) is 31.9.